The molecule has 1 amide bonds. The van der Waals surface area contributed by atoms with Gasteiger partial charge in [0.1, 0.15) is 29.0 Å². The fourth-order valence-corrected chi connectivity index (χ4v) is 4.09. The van der Waals surface area contributed by atoms with Gasteiger partial charge in [-0.05, 0) is 55.7 Å². The number of esters is 1. The molecule has 33 heavy (non-hydrogen) atoms. The second kappa shape index (κ2) is 11.1. The molecule has 6 nitrogen and oxygen atoms in total. The molecule has 1 N–H and O–H groups in total. The third kappa shape index (κ3) is 6.09. The van der Waals surface area contributed by atoms with Crippen molar-refractivity contribution in [1.82, 2.24) is 0 Å². The number of benzene rings is 2. The van der Waals surface area contributed by atoms with Crippen LogP contribution in [0.15, 0.2) is 60.2 Å². The number of nitriles is 1. The molecule has 0 spiro atoms. The summed E-state index contributed by atoms with van der Waals surface area (Å²) in [5.74, 6) is -0.403. The molecule has 1 heterocycles. The van der Waals surface area contributed by atoms with Crippen LogP contribution in [-0.4, -0.2) is 18.5 Å². The number of rotatable bonds is 8. The fourth-order valence-electron chi connectivity index (χ4n) is 3.05. The third-order valence-electron chi connectivity index (χ3n) is 4.90. The number of nitrogens with one attached hydrogen (secondary N) is 1. The molecule has 0 aliphatic heterocycles. The molecule has 0 radical (unpaired) electrons. The lowest BCUT2D eigenvalue weighted by Crippen LogP contribution is -2.16. The zero-order valence-electron chi connectivity index (χ0n) is 18.7. The molecule has 1 aromatic heterocycles. The number of thiophene rings is 1. The van der Waals surface area contributed by atoms with Gasteiger partial charge < -0.3 is 14.8 Å². The van der Waals surface area contributed by atoms with E-state index in [1.807, 2.05) is 43.3 Å². The Balaban J connectivity index is 1.72. The van der Waals surface area contributed by atoms with Gasteiger partial charge in [-0.2, -0.15) is 5.26 Å². The molecular weight excluding hydrogens is 436 g/mol. The monoisotopic (exact) mass is 460 g/mol. The van der Waals surface area contributed by atoms with Crippen LogP contribution in [0.2, 0.25) is 0 Å². The fraction of sp³-hybridized carbons (Fsp3) is 0.192. The highest BCUT2D eigenvalue weighted by atomic mass is 32.1. The van der Waals surface area contributed by atoms with Crippen molar-refractivity contribution >= 4 is 34.3 Å². The van der Waals surface area contributed by atoms with Gasteiger partial charge in [0.15, 0.2) is 0 Å². The van der Waals surface area contributed by atoms with Crippen LogP contribution in [0, 0.1) is 25.2 Å². The Morgan fingerprint density at radius 1 is 1.09 bits per heavy atom. The highest BCUT2D eigenvalue weighted by molar-refractivity contribution is 7.16. The summed E-state index contributed by atoms with van der Waals surface area (Å²) in [7, 11) is 0. The van der Waals surface area contributed by atoms with Gasteiger partial charge in [-0.15, -0.1) is 11.3 Å². The van der Waals surface area contributed by atoms with Crippen molar-refractivity contribution in [2.45, 2.75) is 27.4 Å². The number of carbonyl (C=O) groups is 2. The minimum atomic E-state index is -0.589. The molecule has 0 atom stereocenters. The van der Waals surface area contributed by atoms with E-state index in [2.05, 4.69) is 5.32 Å². The first kappa shape index (κ1) is 23.8. The van der Waals surface area contributed by atoms with Crippen molar-refractivity contribution in [3.8, 4) is 11.8 Å². The lowest BCUT2D eigenvalue weighted by molar-refractivity contribution is -0.112. The van der Waals surface area contributed by atoms with Crippen LogP contribution in [0.4, 0.5) is 5.00 Å². The number of ether oxygens (including phenoxy) is 2. The van der Waals surface area contributed by atoms with Crippen molar-refractivity contribution in [2.24, 2.45) is 0 Å². The molecule has 0 unspecified atom stereocenters. The predicted molar refractivity (Wildman–Crippen MR) is 129 cm³/mol. The summed E-state index contributed by atoms with van der Waals surface area (Å²) in [5, 5.41) is 12.6. The molecule has 168 valence electrons. The molecule has 2 aromatic carbocycles. The van der Waals surface area contributed by atoms with Crippen LogP contribution < -0.4 is 10.1 Å². The Morgan fingerprint density at radius 3 is 2.42 bits per heavy atom. The van der Waals surface area contributed by atoms with Gasteiger partial charge in [0, 0.05) is 4.88 Å². The predicted octanol–water partition coefficient (Wildman–Crippen LogP) is 5.67. The van der Waals surface area contributed by atoms with Gasteiger partial charge in [0.25, 0.3) is 5.91 Å². The number of amides is 1. The molecule has 0 saturated carbocycles. The molecule has 0 aliphatic carbocycles. The normalized spacial score (nSPS) is 10.9. The van der Waals surface area contributed by atoms with Crippen LogP contribution in [0.1, 0.15) is 38.8 Å². The number of anilines is 1. The van der Waals surface area contributed by atoms with E-state index in [4.69, 9.17) is 9.47 Å². The standard InChI is InChI=1S/C26H24N2O4S/c1-4-31-26(30)23-17(2)18(3)33-25(23)28-24(29)21(15-27)14-19-10-12-22(13-11-19)32-16-20-8-6-5-7-9-20/h5-14H,4,16H2,1-3H3,(H,28,29). The summed E-state index contributed by atoms with van der Waals surface area (Å²) >= 11 is 1.28. The molecule has 3 rings (SSSR count). The average Bonchev–Trinajstić information content (AvgIpc) is 3.10. The Bertz CT molecular complexity index is 1210. The van der Waals surface area contributed by atoms with E-state index in [1.165, 1.54) is 17.4 Å². The van der Waals surface area contributed by atoms with E-state index in [0.717, 1.165) is 16.0 Å². The maximum atomic E-state index is 12.8. The number of carbonyl (C=O) groups excluding carboxylic acids is 2. The SMILES string of the molecule is CCOC(=O)c1c(NC(=O)C(C#N)=Cc2ccc(OCc3ccccc3)cc2)sc(C)c1C. The summed E-state index contributed by atoms with van der Waals surface area (Å²) in [4.78, 5) is 26.0. The highest BCUT2D eigenvalue weighted by Gasteiger charge is 2.23. The van der Waals surface area contributed by atoms with Crippen LogP contribution >= 0.6 is 11.3 Å². The Hall–Kier alpha value is -3.89. The summed E-state index contributed by atoms with van der Waals surface area (Å²) < 4.78 is 10.9. The third-order valence-corrected chi connectivity index (χ3v) is 6.02. The molecule has 0 fully saturated rings. The van der Waals surface area contributed by atoms with E-state index in [0.29, 0.717) is 28.5 Å². The lowest BCUT2D eigenvalue weighted by atomic mass is 10.1. The molecule has 3 aromatic rings. The minimum absolute atomic E-state index is 0.0773. The Morgan fingerprint density at radius 2 is 1.79 bits per heavy atom. The number of hydrogen-bond donors (Lipinski definition) is 1. The molecule has 7 heteroatoms. The van der Waals surface area contributed by atoms with Crippen LogP contribution in [0.3, 0.4) is 0 Å². The largest absolute Gasteiger partial charge is 0.489 e. The van der Waals surface area contributed by atoms with Crippen molar-refractivity contribution in [2.75, 3.05) is 11.9 Å². The molecule has 0 bridgehead atoms. The van der Waals surface area contributed by atoms with Crippen LogP contribution in [-0.2, 0) is 16.1 Å². The van der Waals surface area contributed by atoms with E-state index in [9.17, 15) is 14.9 Å². The average molecular weight is 461 g/mol. The molecule has 0 saturated heterocycles. The van der Waals surface area contributed by atoms with Gasteiger partial charge in [-0.25, -0.2) is 4.79 Å². The second-order valence-electron chi connectivity index (χ2n) is 7.18. The van der Waals surface area contributed by atoms with E-state index >= 15 is 0 Å². The maximum absolute atomic E-state index is 12.8. The second-order valence-corrected chi connectivity index (χ2v) is 8.40. The lowest BCUT2D eigenvalue weighted by Gasteiger charge is -2.07. The zero-order chi connectivity index (χ0) is 23.8. The van der Waals surface area contributed by atoms with E-state index in [1.54, 1.807) is 38.1 Å². The summed E-state index contributed by atoms with van der Waals surface area (Å²) in [6.07, 6.45) is 1.49. The van der Waals surface area contributed by atoms with E-state index in [-0.39, 0.29) is 12.2 Å². The highest BCUT2D eigenvalue weighted by Crippen LogP contribution is 2.33. The van der Waals surface area contributed by atoms with Gasteiger partial charge >= 0.3 is 5.97 Å². The molecular formula is C26H24N2O4S. The maximum Gasteiger partial charge on any atom is 0.341 e. The minimum Gasteiger partial charge on any atom is -0.489 e. The first-order chi connectivity index (χ1) is 15.9. The van der Waals surface area contributed by atoms with Gasteiger partial charge in [0.2, 0.25) is 0 Å². The van der Waals surface area contributed by atoms with E-state index < -0.39 is 11.9 Å². The Labute approximate surface area is 197 Å². The number of hydrogen-bond acceptors (Lipinski definition) is 6. The van der Waals surface area contributed by atoms with Crippen molar-refractivity contribution in [3.63, 3.8) is 0 Å². The topological polar surface area (TPSA) is 88.4 Å². The van der Waals surface area contributed by atoms with Gasteiger partial charge in [-0.1, -0.05) is 42.5 Å². The van der Waals surface area contributed by atoms with Gasteiger partial charge in [0.05, 0.1) is 12.2 Å². The van der Waals surface area contributed by atoms with Crippen molar-refractivity contribution < 1.29 is 19.1 Å². The zero-order valence-corrected chi connectivity index (χ0v) is 19.5. The summed E-state index contributed by atoms with van der Waals surface area (Å²) in [5.41, 5.74) is 2.74. The Kier molecular flexibility index (Phi) is 8.01. The summed E-state index contributed by atoms with van der Waals surface area (Å²) in [6.45, 7) is 6.07. The van der Waals surface area contributed by atoms with Gasteiger partial charge in [-0.3, -0.25) is 4.79 Å². The molecule has 0 aliphatic rings. The smallest absolute Gasteiger partial charge is 0.341 e. The van der Waals surface area contributed by atoms with Crippen molar-refractivity contribution in [1.29, 1.82) is 5.26 Å². The van der Waals surface area contributed by atoms with Crippen LogP contribution in [0.5, 0.6) is 5.75 Å². The van der Waals surface area contributed by atoms with Crippen LogP contribution in [0.25, 0.3) is 6.08 Å². The summed E-state index contributed by atoms with van der Waals surface area (Å²) in [6, 6.07) is 18.9. The number of aryl methyl sites for hydroxylation is 1. The van der Waals surface area contributed by atoms with Crippen molar-refractivity contribution in [3.05, 3.63) is 87.3 Å². The first-order valence-electron chi connectivity index (χ1n) is 10.4. The number of nitrogens with zero attached hydrogens (tertiary/aromatic N) is 1. The quantitative estimate of drug-likeness (QED) is 0.266. The first-order valence-corrected chi connectivity index (χ1v) is 11.2.